The van der Waals surface area contributed by atoms with Crippen LogP contribution in [0.4, 0.5) is 5.69 Å². The first-order valence-electron chi connectivity index (χ1n) is 7.43. The van der Waals surface area contributed by atoms with E-state index in [1.54, 1.807) is 13.3 Å². The molecule has 0 spiro atoms. The molecule has 0 aliphatic carbocycles. The van der Waals surface area contributed by atoms with E-state index in [1.165, 1.54) is 11.8 Å². The number of nitrogens with one attached hydrogen (secondary N) is 2. The molecule has 1 unspecified atom stereocenters. The van der Waals surface area contributed by atoms with E-state index in [-0.39, 0.29) is 11.9 Å². The first kappa shape index (κ1) is 15.4. The average molecular weight is 360 g/mol. The zero-order valence-electron chi connectivity index (χ0n) is 12.8. The van der Waals surface area contributed by atoms with E-state index in [0.29, 0.717) is 22.1 Å². The van der Waals surface area contributed by atoms with Gasteiger partial charge in [-0.05, 0) is 24.3 Å². The predicted octanol–water partition coefficient (Wildman–Crippen LogP) is 3.73. The number of carbonyl (C=O) groups is 1. The van der Waals surface area contributed by atoms with Crippen molar-refractivity contribution in [2.75, 3.05) is 12.4 Å². The number of amides is 1. The van der Waals surface area contributed by atoms with E-state index in [4.69, 9.17) is 16.3 Å². The number of halogens is 1. The second-order valence-electron chi connectivity index (χ2n) is 5.50. The Morgan fingerprint density at radius 3 is 3.00 bits per heavy atom. The van der Waals surface area contributed by atoms with Crippen molar-refractivity contribution in [1.82, 2.24) is 10.3 Å². The Hall–Kier alpha value is -2.18. The number of fused-ring (bicyclic) bond motifs is 1. The molecule has 3 heterocycles. The van der Waals surface area contributed by atoms with Crippen LogP contribution in [-0.2, 0) is 4.79 Å². The van der Waals surface area contributed by atoms with Gasteiger partial charge in [-0.1, -0.05) is 29.4 Å². The van der Waals surface area contributed by atoms with Gasteiger partial charge >= 0.3 is 0 Å². The Kier molecular flexibility index (Phi) is 3.86. The lowest BCUT2D eigenvalue weighted by atomic mass is 10.0. The van der Waals surface area contributed by atoms with Crippen molar-refractivity contribution in [1.29, 1.82) is 0 Å². The minimum atomic E-state index is -0.138. The Labute approximate surface area is 148 Å². The summed E-state index contributed by atoms with van der Waals surface area (Å²) in [6.07, 6.45) is 2.39. The predicted molar refractivity (Wildman–Crippen MR) is 94.2 cm³/mol. The third kappa shape index (κ3) is 2.61. The zero-order chi connectivity index (χ0) is 16.7. The molecule has 122 valence electrons. The van der Waals surface area contributed by atoms with Gasteiger partial charge in [0.1, 0.15) is 5.75 Å². The molecule has 24 heavy (non-hydrogen) atoms. The second kappa shape index (κ2) is 6.03. The number of benzene rings is 1. The minimum Gasteiger partial charge on any atom is -0.495 e. The van der Waals surface area contributed by atoms with Crippen LogP contribution in [0.3, 0.4) is 0 Å². The Morgan fingerprint density at radius 2 is 2.25 bits per heavy atom. The molecule has 0 fully saturated rings. The highest BCUT2D eigenvalue weighted by atomic mass is 35.5. The molecular weight excluding hydrogens is 346 g/mol. The maximum Gasteiger partial charge on any atom is 0.260 e. The molecule has 1 aromatic carbocycles. The van der Waals surface area contributed by atoms with Crippen molar-refractivity contribution < 1.29 is 9.53 Å². The molecule has 1 amide bonds. The van der Waals surface area contributed by atoms with Crippen LogP contribution < -0.4 is 15.4 Å². The number of hydrogen-bond acceptors (Lipinski definition) is 5. The number of nitrogens with zero attached hydrogens (tertiary/aromatic N) is 1. The number of aromatic nitrogens is 1. The van der Waals surface area contributed by atoms with Gasteiger partial charge in [0.15, 0.2) is 0 Å². The number of methoxy groups -OCH3 is 1. The third-order valence-electron chi connectivity index (χ3n) is 3.99. The van der Waals surface area contributed by atoms with Crippen LogP contribution in [0.2, 0.25) is 5.02 Å². The van der Waals surface area contributed by atoms with E-state index in [0.717, 1.165) is 22.0 Å². The van der Waals surface area contributed by atoms with Crippen LogP contribution in [0.15, 0.2) is 52.0 Å². The summed E-state index contributed by atoms with van der Waals surface area (Å²) in [7, 11) is 1.57. The summed E-state index contributed by atoms with van der Waals surface area (Å²) in [5.74, 6) is 0.500. The topological polar surface area (TPSA) is 63.2 Å². The zero-order valence-corrected chi connectivity index (χ0v) is 14.4. The number of carbonyl (C=O) groups excluding carboxylic acids is 1. The molecule has 1 atom stereocenters. The van der Waals surface area contributed by atoms with E-state index in [9.17, 15) is 4.79 Å². The van der Waals surface area contributed by atoms with Crippen molar-refractivity contribution >= 4 is 35.0 Å². The van der Waals surface area contributed by atoms with Crippen molar-refractivity contribution in [2.45, 2.75) is 17.4 Å². The molecule has 2 N–H and O–H groups in total. The van der Waals surface area contributed by atoms with E-state index >= 15 is 0 Å². The highest BCUT2D eigenvalue weighted by molar-refractivity contribution is 8.04. The fourth-order valence-electron chi connectivity index (χ4n) is 2.83. The summed E-state index contributed by atoms with van der Waals surface area (Å²) in [5.41, 5.74) is 2.63. The maximum absolute atomic E-state index is 12.5. The van der Waals surface area contributed by atoms with Gasteiger partial charge in [0.05, 0.1) is 34.5 Å². The summed E-state index contributed by atoms with van der Waals surface area (Å²) >= 11 is 7.64. The summed E-state index contributed by atoms with van der Waals surface area (Å²) < 4.78 is 5.25. The number of thioether (sulfide) groups is 1. The SMILES string of the molecule is COc1cc2c(cc1Cl)NC1=C(S2)C(=O)NC(c2ccccn2)C1. The first-order chi connectivity index (χ1) is 11.7. The van der Waals surface area contributed by atoms with E-state index < -0.39 is 0 Å². The molecule has 2 aliphatic rings. The highest BCUT2D eigenvalue weighted by Gasteiger charge is 2.33. The average Bonchev–Trinajstić information content (AvgIpc) is 2.60. The minimum absolute atomic E-state index is 0.0935. The fourth-order valence-corrected chi connectivity index (χ4v) is 4.09. The largest absolute Gasteiger partial charge is 0.495 e. The summed E-state index contributed by atoms with van der Waals surface area (Å²) in [5, 5.41) is 6.91. The van der Waals surface area contributed by atoms with Gasteiger partial charge in [-0.25, -0.2) is 0 Å². The quantitative estimate of drug-likeness (QED) is 0.855. The summed E-state index contributed by atoms with van der Waals surface area (Å²) in [6.45, 7) is 0. The number of ether oxygens (including phenoxy) is 1. The van der Waals surface area contributed by atoms with E-state index in [2.05, 4.69) is 15.6 Å². The Bertz CT molecular complexity index is 854. The lowest BCUT2D eigenvalue weighted by Gasteiger charge is -2.31. The van der Waals surface area contributed by atoms with Crippen LogP contribution >= 0.6 is 23.4 Å². The molecule has 2 aromatic rings. The molecule has 0 radical (unpaired) electrons. The molecule has 0 saturated carbocycles. The number of anilines is 1. The number of hydrogen-bond donors (Lipinski definition) is 2. The lowest BCUT2D eigenvalue weighted by molar-refractivity contribution is -0.118. The van der Waals surface area contributed by atoms with Gasteiger partial charge in [-0.15, -0.1) is 0 Å². The van der Waals surface area contributed by atoms with Crippen molar-refractivity contribution in [3.8, 4) is 5.75 Å². The number of pyridine rings is 1. The standard InChI is InChI=1S/C17H14ClN3O2S/c1-23-14-8-15-12(6-9(14)18)20-13-7-11(10-4-2-3-5-19-10)21-17(22)16(13)24-15/h2-6,8,11,20H,7H2,1H3,(H,21,22). The van der Waals surface area contributed by atoms with Gasteiger partial charge in [0.2, 0.25) is 0 Å². The van der Waals surface area contributed by atoms with Gasteiger partial charge in [0.25, 0.3) is 5.91 Å². The van der Waals surface area contributed by atoms with Gasteiger partial charge in [-0.3, -0.25) is 9.78 Å². The molecule has 5 nitrogen and oxygen atoms in total. The highest BCUT2D eigenvalue weighted by Crippen LogP contribution is 2.46. The Balaban J connectivity index is 1.67. The smallest absolute Gasteiger partial charge is 0.260 e. The van der Waals surface area contributed by atoms with Crippen molar-refractivity contribution in [3.63, 3.8) is 0 Å². The molecule has 1 aromatic heterocycles. The van der Waals surface area contributed by atoms with Gasteiger partial charge < -0.3 is 15.4 Å². The van der Waals surface area contributed by atoms with Crippen LogP contribution in [0, 0.1) is 0 Å². The van der Waals surface area contributed by atoms with E-state index in [1.807, 2.05) is 30.3 Å². The number of rotatable bonds is 2. The van der Waals surface area contributed by atoms with Crippen LogP contribution in [0.5, 0.6) is 5.75 Å². The summed E-state index contributed by atoms with van der Waals surface area (Å²) in [4.78, 5) is 18.5. The first-order valence-corrected chi connectivity index (χ1v) is 8.62. The molecular formula is C17H14ClN3O2S. The lowest BCUT2D eigenvalue weighted by Crippen LogP contribution is -2.36. The van der Waals surface area contributed by atoms with Gasteiger partial charge in [0, 0.05) is 23.2 Å². The monoisotopic (exact) mass is 359 g/mol. The van der Waals surface area contributed by atoms with Crippen LogP contribution in [0.25, 0.3) is 0 Å². The molecule has 4 rings (SSSR count). The van der Waals surface area contributed by atoms with Gasteiger partial charge in [-0.2, -0.15) is 0 Å². The third-order valence-corrected chi connectivity index (χ3v) is 5.48. The van der Waals surface area contributed by atoms with Crippen LogP contribution in [-0.4, -0.2) is 18.0 Å². The fraction of sp³-hybridized carbons (Fsp3) is 0.176. The van der Waals surface area contributed by atoms with Crippen molar-refractivity contribution in [3.05, 3.63) is 57.8 Å². The second-order valence-corrected chi connectivity index (χ2v) is 6.96. The molecule has 2 aliphatic heterocycles. The summed E-state index contributed by atoms with van der Waals surface area (Å²) in [6, 6.07) is 9.23. The van der Waals surface area contributed by atoms with Crippen molar-refractivity contribution in [2.24, 2.45) is 0 Å². The maximum atomic E-state index is 12.5. The van der Waals surface area contributed by atoms with Crippen LogP contribution in [0.1, 0.15) is 18.2 Å². The Morgan fingerprint density at radius 1 is 1.38 bits per heavy atom. The molecule has 7 heteroatoms. The normalized spacial score (nSPS) is 19.1. The molecule has 0 saturated heterocycles. The molecule has 0 bridgehead atoms.